The lowest BCUT2D eigenvalue weighted by atomic mass is 10.1. The molecule has 182 valence electrons. The predicted molar refractivity (Wildman–Crippen MR) is 140 cm³/mol. The molecule has 1 fully saturated rings. The van der Waals surface area contributed by atoms with Crippen molar-refractivity contribution in [3.8, 4) is 5.75 Å². The lowest BCUT2D eigenvalue weighted by Gasteiger charge is -2.26. The second-order valence-electron chi connectivity index (χ2n) is 9.03. The molecule has 1 aromatic rings. The summed E-state index contributed by atoms with van der Waals surface area (Å²) in [6.07, 6.45) is 0.493. The molecule has 0 aromatic heterocycles. The van der Waals surface area contributed by atoms with E-state index in [0.717, 1.165) is 31.2 Å². The van der Waals surface area contributed by atoms with E-state index >= 15 is 0 Å². The van der Waals surface area contributed by atoms with Crippen LogP contribution in [0.5, 0.6) is 5.75 Å². The number of carbonyl (C=O) groups excluding carboxylic acids is 1. The van der Waals surface area contributed by atoms with Gasteiger partial charge in [0.25, 0.3) is 0 Å². The summed E-state index contributed by atoms with van der Waals surface area (Å²) < 4.78 is 10.7. The Balaban J connectivity index is 0.00000512. The molecule has 1 amide bonds. The number of likely N-dealkylation sites (N-methyl/N-ethyl adjacent to an activating group) is 1. The number of likely N-dealkylation sites (tertiary alicyclic amines) is 1. The highest BCUT2D eigenvalue weighted by atomic mass is 127. The van der Waals surface area contributed by atoms with Gasteiger partial charge in [-0.25, -0.2) is 4.79 Å². The third kappa shape index (κ3) is 9.01. The number of benzene rings is 1. The lowest BCUT2D eigenvalue weighted by Crippen LogP contribution is -2.44. The van der Waals surface area contributed by atoms with Crippen LogP contribution in [0.2, 0.25) is 0 Å². The molecule has 9 heteroatoms. The van der Waals surface area contributed by atoms with E-state index in [1.165, 1.54) is 5.56 Å². The van der Waals surface area contributed by atoms with E-state index in [2.05, 4.69) is 53.6 Å². The molecule has 0 radical (unpaired) electrons. The van der Waals surface area contributed by atoms with Gasteiger partial charge in [-0.15, -0.1) is 24.0 Å². The largest absolute Gasteiger partial charge is 0.497 e. The van der Waals surface area contributed by atoms with Gasteiger partial charge in [0, 0.05) is 19.6 Å². The first kappa shape index (κ1) is 28.3. The molecule has 0 saturated carbocycles. The zero-order valence-corrected chi connectivity index (χ0v) is 22.8. The minimum Gasteiger partial charge on any atom is -0.497 e. The Labute approximate surface area is 210 Å². The molecule has 1 aromatic carbocycles. The van der Waals surface area contributed by atoms with Crippen molar-refractivity contribution in [2.45, 2.75) is 51.8 Å². The van der Waals surface area contributed by atoms with Crippen LogP contribution in [0.15, 0.2) is 29.3 Å². The number of nitrogens with zero attached hydrogens (tertiary/aromatic N) is 3. The maximum atomic E-state index is 12.1. The fraction of sp³-hybridized carbons (Fsp3) is 0.652. The van der Waals surface area contributed by atoms with Crippen molar-refractivity contribution in [3.63, 3.8) is 0 Å². The highest BCUT2D eigenvalue weighted by Gasteiger charge is 2.28. The maximum Gasteiger partial charge on any atom is 0.407 e. The summed E-state index contributed by atoms with van der Waals surface area (Å²) in [4.78, 5) is 21.4. The normalized spacial score (nSPS) is 17.6. The van der Waals surface area contributed by atoms with E-state index in [1.807, 2.05) is 32.9 Å². The maximum absolute atomic E-state index is 12.1. The molecule has 2 N–H and O–H groups in total. The number of hydrogen-bond acceptors (Lipinski definition) is 5. The quantitative estimate of drug-likeness (QED) is 0.302. The fourth-order valence-electron chi connectivity index (χ4n) is 3.54. The Hall–Kier alpha value is -1.75. The summed E-state index contributed by atoms with van der Waals surface area (Å²) >= 11 is 0. The van der Waals surface area contributed by atoms with Gasteiger partial charge in [-0.1, -0.05) is 12.1 Å². The van der Waals surface area contributed by atoms with E-state index in [1.54, 1.807) is 7.11 Å². The van der Waals surface area contributed by atoms with Gasteiger partial charge in [0.15, 0.2) is 5.96 Å². The molecule has 2 unspecified atom stereocenters. The summed E-state index contributed by atoms with van der Waals surface area (Å²) in [5.41, 5.74) is 0.692. The van der Waals surface area contributed by atoms with Crippen molar-refractivity contribution >= 4 is 36.0 Å². The Morgan fingerprint density at radius 2 is 1.94 bits per heavy atom. The molecule has 8 nitrogen and oxygen atoms in total. The minimum absolute atomic E-state index is 0. The van der Waals surface area contributed by atoms with Crippen LogP contribution in [0.25, 0.3) is 0 Å². The van der Waals surface area contributed by atoms with Crippen molar-refractivity contribution in [2.24, 2.45) is 4.99 Å². The average molecular weight is 562 g/mol. The topological polar surface area (TPSA) is 78.4 Å². The average Bonchev–Trinajstić information content (AvgIpc) is 3.14. The second-order valence-corrected chi connectivity index (χ2v) is 9.03. The predicted octanol–water partition coefficient (Wildman–Crippen LogP) is 3.48. The number of ether oxygens (including phenoxy) is 2. The molecule has 1 aliphatic rings. The summed E-state index contributed by atoms with van der Waals surface area (Å²) in [6.45, 7) is 10.6. The molecule has 0 spiro atoms. The molecular formula is C23H40IN5O3. The fourth-order valence-corrected chi connectivity index (χ4v) is 3.54. The zero-order valence-electron chi connectivity index (χ0n) is 20.5. The molecule has 0 bridgehead atoms. The molecule has 1 saturated heterocycles. The van der Waals surface area contributed by atoms with E-state index in [4.69, 9.17) is 14.5 Å². The van der Waals surface area contributed by atoms with Gasteiger partial charge in [0.2, 0.25) is 0 Å². The highest BCUT2D eigenvalue weighted by Crippen LogP contribution is 2.22. The van der Waals surface area contributed by atoms with Crippen LogP contribution >= 0.6 is 24.0 Å². The van der Waals surface area contributed by atoms with E-state index in [-0.39, 0.29) is 42.2 Å². The number of guanidine groups is 1. The van der Waals surface area contributed by atoms with Crippen molar-refractivity contribution in [2.75, 3.05) is 47.4 Å². The monoisotopic (exact) mass is 561 g/mol. The minimum atomic E-state index is -0.499. The van der Waals surface area contributed by atoms with Gasteiger partial charge < -0.3 is 29.9 Å². The van der Waals surface area contributed by atoms with Gasteiger partial charge >= 0.3 is 6.09 Å². The van der Waals surface area contributed by atoms with Crippen molar-refractivity contribution < 1.29 is 14.3 Å². The van der Waals surface area contributed by atoms with Gasteiger partial charge in [-0.3, -0.25) is 4.99 Å². The summed E-state index contributed by atoms with van der Waals surface area (Å²) in [7, 11) is 5.80. The van der Waals surface area contributed by atoms with E-state index < -0.39 is 5.60 Å². The van der Waals surface area contributed by atoms with Crippen LogP contribution in [-0.2, 0) is 4.74 Å². The molecule has 32 heavy (non-hydrogen) atoms. The third-order valence-electron chi connectivity index (χ3n) is 5.08. The number of alkyl carbamates (subject to hydrolysis) is 1. The van der Waals surface area contributed by atoms with Crippen LogP contribution in [0.1, 0.15) is 45.7 Å². The SMILES string of the molecule is CCNC(=NCC(c1ccc(OC)cc1)N(C)C)N1CCC(NC(=O)OC(C)(C)C)C1.I. The Morgan fingerprint density at radius 1 is 1.28 bits per heavy atom. The number of rotatable bonds is 7. The first-order valence-corrected chi connectivity index (χ1v) is 11.0. The summed E-state index contributed by atoms with van der Waals surface area (Å²) in [5, 5.41) is 6.37. The summed E-state index contributed by atoms with van der Waals surface area (Å²) in [6, 6.07) is 8.33. The van der Waals surface area contributed by atoms with E-state index in [9.17, 15) is 4.79 Å². The first-order valence-electron chi connectivity index (χ1n) is 11.0. The smallest absolute Gasteiger partial charge is 0.407 e. The third-order valence-corrected chi connectivity index (χ3v) is 5.08. The van der Waals surface area contributed by atoms with Gasteiger partial charge in [-0.05, 0) is 65.9 Å². The lowest BCUT2D eigenvalue weighted by molar-refractivity contribution is 0.0507. The van der Waals surface area contributed by atoms with Crippen molar-refractivity contribution in [1.29, 1.82) is 0 Å². The number of carbonyl (C=O) groups is 1. The number of amides is 1. The standard InChI is InChI=1S/C23H39N5O3.HI/c1-8-24-21(28-14-13-18(16-28)26-22(29)31-23(2,3)4)25-15-20(27(5)6)17-9-11-19(30-7)12-10-17;/h9-12,18,20H,8,13-16H2,1-7H3,(H,24,25)(H,26,29);1H. The first-order chi connectivity index (χ1) is 14.6. The molecule has 2 rings (SSSR count). The number of hydrogen-bond donors (Lipinski definition) is 2. The molecule has 0 aliphatic carbocycles. The van der Waals surface area contributed by atoms with Crippen LogP contribution in [0.4, 0.5) is 4.79 Å². The Morgan fingerprint density at radius 3 is 2.47 bits per heavy atom. The van der Waals surface area contributed by atoms with Crippen molar-refractivity contribution in [1.82, 2.24) is 20.4 Å². The van der Waals surface area contributed by atoms with Crippen LogP contribution in [-0.4, -0.2) is 80.9 Å². The molecule has 1 heterocycles. The van der Waals surface area contributed by atoms with E-state index in [0.29, 0.717) is 13.1 Å². The van der Waals surface area contributed by atoms with Crippen molar-refractivity contribution in [3.05, 3.63) is 29.8 Å². The second kappa shape index (κ2) is 13.1. The zero-order chi connectivity index (χ0) is 23.0. The van der Waals surface area contributed by atoms with Crippen LogP contribution in [0.3, 0.4) is 0 Å². The number of aliphatic imine (C=N–C) groups is 1. The van der Waals surface area contributed by atoms with Gasteiger partial charge in [0.05, 0.1) is 25.7 Å². The number of methoxy groups -OCH3 is 1. The number of nitrogens with one attached hydrogen (secondary N) is 2. The van der Waals surface area contributed by atoms with Gasteiger partial charge in [-0.2, -0.15) is 0 Å². The molecular weight excluding hydrogens is 521 g/mol. The van der Waals surface area contributed by atoms with Gasteiger partial charge in [0.1, 0.15) is 11.4 Å². The van der Waals surface area contributed by atoms with Crippen LogP contribution in [0, 0.1) is 0 Å². The Kier molecular flexibility index (Phi) is 11.6. The van der Waals surface area contributed by atoms with Crippen LogP contribution < -0.4 is 15.4 Å². The highest BCUT2D eigenvalue weighted by molar-refractivity contribution is 14.0. The number of halogens is 1. The molecule has 2 atom stereocenters. The molecule has 1 aliphatic heterocycles. The summed E-state index contributed by atoms with van der Waals surface area (Å²) in [5.74, 6) is 1.72. The Bertz CT molecular complexity index is 734.